The van der Waals surface area contributed by atoms with Crippen molar-refractivity contribution in [2.75, 3.05) is 0 Å². The summed E-state index contributed by atoms with van der Waals surface area (Å²) in [4.78, 5) is 0. The van der Waals surface area contributed by atoms with Crippen molar-refractivity contribution >= 4 is 34.8 Å². The first-order chi connectivity index (χ1) is 9.10. The molecule has 1 nitrogen and oxygen atoms in total. The second-order valence-corrected chi connectivity index (χ2v) is 6.02. The molecule has 4 heteroatoms. The van der Waals surface area contributed by atoms with Crippen LogP contribution in [-0.2, 0) is 6.54 Å². The summed E-state index contributed by atoms with van der Waals surface area (Å²) in [5, 5.41) is 5.35. The summed E-state index contributed by atoms with van der Waals surface area (Å²) in [6.07, 6.45) is 6.02. The molecule has 0 aromatic heterocycles. The van der Waals surface area contributed by atoms with Gasteiger partial charge in [-0.25, -0.2) is 0 Å². The van der Waals surface area contributed by atoms with Crippen molar-refractivity contribution in [1.29, 1.82) is 0 Å². The van der Waals surface area contributed by atoms with Crippen LogP contribution >= 0.6 is 34.8 Å². The van der Waals surface area contributed by atoms with Gasteiger partial charge >= 0.3 is 0 Å². The fourth-order valence-corrected chi connectivity index (χ4v) is 2.81. The van der Waals surface area contributed by atoms with Gasteiger partial charge in [0.1, 0.15) is 0 Å². The Kier molecular flexibility index (Phi) is 8.17. The molecule has 0 heterocycles. The highest BCUT2D eigenvalue weighted by molar-refractivity contribution is 6.44. The minimum absolute atomic E-state index is 0.524. The lowest BCUT2D eigenvalue weighted by molar-refractivity contribution is 0.434. The fraction of sp³-hybridized carbons (Fsp3) is 0.600. The third-order valence-corrected chi connectivity index (χ3v) is 4.45. The smallest absolute Gasteiger partial charge is 0.0652 e. The molecule has 19 heavy (non-hydrogen) atoms. The Bertz CT molecular complexity index is 393. The second-order valence-electron chi connectivity index (χ2n) is 4.83. The van der Waals surface area contributed by atoms with Gasteiger partial charge in [-0.3, -0.25) is 0 Å². The third kappa shape index (κ3) is 5.51. The van der Waals surface area contributed by atoms with Crippen molar-refractivity contribution in [2.45, 2.75) is 58.5 Å². The molecule has 108 valence electrons. The largest absolute Gasteiger partial charge is 0.310 e. The lowest BCUT2D eigenvalue weighted by Crippen LogP contribution is -2.28. The maximum atomic E-state index is 6.21. The van der Waals surface area contributed by atoms with Gasteiger partial charge < -0.3 is 5.32 Å². The van der Waals surface area contributed by atoms with Crippen molar-refractivity contribution in [3.05, 3.63) is 32.8 Å². The average Bonchev–Trinajstić information content (AvgIpc) is 2.40. The van der Waals surface area contributed by atoms with Crippen molar-refractivity contribution in [1.82, 2.24) is 5.32 Å². The van der Waals surface area contributed by atoms with Crippen molar-refractivity contribution in [2.24, 2.45) is 0 Å². The summed E-state index contributed by atoms with van der Waals surface area (Å²) >= 11 is 18.4. The van der Waals surface area contributed by atoms with E-state index >= 15 is 0 Å². The van der Waals surface area contributed by atoms with Crippen LogP contribution in [0.1, 0.15) is 51.5 Å². The Morgan fingerprint density at radius 3 is 2.32 bits per heavy atom. The zero-order chi connectivity index (χ0) is 14.3. The maximum Gasteiger partial charge on any atom is 0.0652 e. The standard InChI is InChI=1S/C15H22Cl3N/c1-3-5-7-11(6-4-2)19-10-12-13(16)8-9-14(17)15(12)18/h8-9,11,19H,3-7,10H2,1-2H3. The third-order valence-electron chi connectivity index (χ3n) is 3.25. The summed E-state index contributed by atoms with van der Waals surface area (Å²) < 4.78 is 0. The van der Waals surface area contributed by atoms with Crippen LogP contribution in [0.5, 0.6) is 0 Å². The Labute approximate surface area is 131 Å². The molecule has 0 spiro atoms. The highest BCUT2D eigenvalue weighted by Gasteiger charge is 2.12. The van der Waals surface area contributed by atoms with E-state index in [-0.39, 0.29) is 0 Å². The van der Waals surface area contributed by atoms with Gasteiger partial charge in [0.15, 0.2) is 0 Å². The van der Waals surface area contributed by atoms with Crippen LogP contribution in [0, 0.1) is 0 Å². The fourth-order valence-electron chi connectivity index (χ4n) is 2.12. The second kappa shape index (κ2) is 9.07. The molecule has 1 atom stereocenters. The van der Waals surface area contributed by atoms with Crippen LogP contribution in [0.3, 0.4) is 0 Å². The molecule has 1 aromatic carbocycles. The molecular formula is C15H22Cl3N. The normalized spacial score (nSPS) is 12.7. The van der Waals surface area contributed by atoms with Gasteiger partial charge in [0.2, 0.25) is 0 Å². The number of unbranched alkanes of at least 4 members (excludes halogenated alkanes) is 1. The van der Waals surface area contributed by atoms with E-state index in [0.717, 1.165) is 5.56 Å². The van der Waals surface area contributed by atoms with Crippen LogP contribution in [0.25, 0.3) is 0 Å². The van der Waals surface area contributed by atoms with E-state index in [9.17, 15) is 0 Å². The minimum atomic E-state index is 0.524. The highest BCUT2D eigenvalue weighted by atomic mass is 35.5. The molecule has 1 unspecified atom stereocenters. The topological polar surface area (TPSA) is 12.0 Å². The number of benzene rings is 1. The van der Waals surface area contributed by atoms with E-state index in [1.807, 2.05) is 0 Å². The highest BCUT2D eigenvalue weighted by Crippen LogP contribution is 2.31. The van der Waals surface area contributed by atoms with Crippen molar-refractivity contribution < 1.29 is 0 Å². The van der Waals surface area contributed by atoms with Gasteiger partial charge in [-0.15, -0.1) is 0 Å². The van der Waals surface area contributed by atoms with Gasteiger partial charge in [0.25, 0.3) is 0 Å². The lowest BCUT2D eigenvalue weighted by atomic mass is 10.0. The van der Waals surface area contributed by atoms with E-state index in [1.54, 1.807) is 12.1 Å². The van der Waals surface area contributed by atoms with Crippen LogP contribution in [0.15, 0.2) is 12.1 Å². The molecular weight excluding hydrogens is 301 g/mol. The predicted molar refractivity (Wildman–Crippen MR) is 86.5 cm³/mol. The van der Waals surface area contributed by atoms with Crippen LogP contribution < -0.4 is 5.32 Å². The summed E-state index contributed by atoms with van der Waals surface area (Å²) in [7, 11) is 0. The van der Waals surface area contributed by atoms with Gasteiger partial charge in [0, 0.05) is 23.2 Å². The summed E-state index contributed by atoms with van der Waals surface area (Å²) in [6, 6.07) is 4.06. The van der Waals surface area contributed by atoms with E-state index < -0.39 is 0 Å². The average molecular weight is 323 g/mol. The first-order valence-electron chi connectivity index (χ1n) is 6.95. The first-order valence-corrected chi connectivity index (χ1v) is 8.09. The monoisotopic (exact) mass is 321 g/mol. The molecule has 0 aliphatic carbocycles. The summed E-state index contributed by atoms with van der Waals surface area (Å²) in [5.74, 6) is 0. The molecule has 0 aliphatic heterocycles. The van der Waals surface area contributed by atoms with Gasteiger partial charge in [-0.05, 0) is 25.0 Å². The quantitative estimate of drug-likeness (QED) is 0.571. The van der Waals surface area contributed by atoms with Crippen molar-refractivity contribution in [3.8, 4) is 0 Å². The molecule has 0 saturated heterocycles. The molecule has 0 amide bonds. The predicted octanol–water partition coefficient (Wildman–Crippen LogP) is 6.10. The van der Waals surface area contributed by atoms with E-state index in [0.29, 0.717) is 27.7 Å². The zero-order valence-corrected chi connectivity index (χ0v) is 13.9. The van der Waals surface area contributed by atoms with E-state index in [4.69, 9.17) is 34.8 Å². The van der Waals surface area contributed by atoms with E-state index in [1.165, 1.54) is 32.1 Å². The molecule has 1 N–H and O–H groups in total. The van der Waals surface area contributed by atoms with Crippen molar-refractivity contribution in [3.63, 3.8) is 0 Å². The Morgan fingerprint density at radius 1 is 1.00 bits per heavy atom. The lowest BCUT2D eigenvalue weighted by Gasteiger charge is -2.19. The molecule has 0 radical (unpaired) electrons. The zero-order valence-electron chi connectivity index (χ0n) is 11.6. The molecule has 1 aromatic rings. The SMILES string of the molecule is CCCCC(CCC)NCc1c(Cl)ccc(Cl)c1Cl. The molecule has 0 bridgehead atoms. The summed E-state index contributed by atoms with van der Waals surface area (Å²) in [5.41, 5.74) is 0.897. The maximum absolute atomic E-state index is 6.21. The first kappa shape index (κ1) is 17.1. The molecule has 1 rings (SSSR count). The number of nitrogens with one attached hydrogen (secondary N) is 1. The number of hydrogen-bond acceptors (Lipinski definition) is 1. The molecule has 0 aliphatic rings. The van der Waals surface area contributed by atoms with Gasteiger partial charge in [0.05, 0.1) is 10.0 Å². The Morgan fingerprint density at radius 2 is 1.68 bits per heavy atom. The minimum Gasteiger partial charge on any atom is -0.310 e. The molecule has 0 fully saturated rings. The Hall–Kier alpha value is 0.0500. The van der Waals surface area contributed by atoms with Crippen LogP contribution in [0.2, 0.25) is 15.1 Å². The van der Waals surface area contributed by atoms with Gasteiger partial charge in [-0.2, -0.15) is 0 Å². The molecule has 0 saturated carbocycles. The Balaban J connectivity index is 2.65. The van der Waals surface area contributed by atoms with E-state index in [2.05, 4.69) is 19.2 Å². The number of hydrogen-bond donors (Lipinski definition) is 1. The number of rotatable bonds is 8. The van der Waals surface area contributed by atoms with Gasteiger partial charge in [-0.1, -0.05) is 67.9 Å². The van der Waals surface area contributed by atoms with Crippen LogP contribution in [-0.4, -0.2) is 6.04 Å². The van der Waals surface area contributed by atoms with Crippen LogP contribution in [0.4, 0.5) is 0 Å². The number of halogens is 3. The summed E-state index contributed by atoms with van der Waals surface area (Å²) in [6.45, 7) is 5.10.